The molecule has 0 spiro atoms. The first-order chi connectivity index (χ1) is 12.0. The number of unbranched alkanes of at least 4 members (excludes halogenated alkanes) is 1. The number of nitrogens with two attached hydrogens (primary N) is 1. The molecule has 0 aliphatic rings. The lowest BCUT2D eigenvalue weighted by Gasteiger charge is -2.14. The number of rotatable bonds is 10. The van der Waals surface area contributed by atoms with Crippen molar-refractivity contribution >= 4 is 34.0 Å². The second kappa shape index (κ2) is 9.62. The summed E-state index contributed by atoms with van der Waals surface area (Å²) in [4.78, 5) is 11.6. The standard InChI is InChI=1S/C17H23N3O3S2/c1-3-6-13-14(8-7-12(11(2)21)15(13)22)23-9-4-5-10-24-17-20-19-16(18)25-17/h7-8,22H,3-6,9-10H2,1-2H3,(H2,18,19). The van der Waals surface area contributed by atoms with Crippen LogP contribution in [0.2, 0.25) is 0 Å². The normalized spacial score (nSPS) is 10.8. The SMILES string of the molecule is CCCc1c(OCCCCSc2nnc(N)s2)ccc(C(C)=O)c1O. The minimum atomic E-state index is -0.143. The molecule has 0 aliphatic carbocycles. The first-order valence-corrected chi connectivity index (χ1v) is 10.0. The fourth-order valence-electron chi connectivity index (χ4n) is 2.35. The van der Waals surface area contributed by atoms with Crippen molar-refractivity contribution in [1.82, 2.24) is 10.2 Å². The first kappa shape index (κ1) is 19.5. The smallest absolute Gasteiger partial charge is 0.203 e. The average Bonchev–Trinajstić information content (AvgIpc) is 2.98. The van der Waals surface area contributed by atoms with Crippen LogP contribution in [0.1, 0.15) is 49.0 Å². The summed E-state index contributed by atoms with van der Waals surface area (Å²) in [5.41, 5.74) is 6.61. The Kier molecular flexibility index (Phi) is 7.52. The highest BCUT2D eigenvalue weighted by molar-refractivity contribution is 8.01. The minimum absolute atomic E-state index is 0.0521. The summed E-state index contributed by atoms with van der Waals surface area (Å²) in [6.45, 7) is 4.05. The number of nitrogens with zero attached hydrogens (tertiary/aromatic N) is 2. The zero-order valence-corrected chi connectivity index (χ0v) is 16.1. The number of thioether (sulfide) groups is 1. The molecule has 6 nitrogen and oxygen atoms in total. The number of anilines is 1. The van der Waals surface area contributed by atoms with Crippen molar-refractivity contribution in [2.24, 2.45) is 0 Å². The Balaban J connectivity index is 1.83. The molecule has 0 amide bonds. The van der Waals surface area contributed by atoms with Gasteiger partial charge in [0.2, 0.25) is 5.13 Å². The van der Waals surface area contributed by atoms with E-state index in [4.69, 9.17) is 10.5 Å². The van der Waals surface area contributed by atoms with Gasteiger partial charge < -0.3 is 15.6 Å². The van der Waals surface area contributed by atoms with E-state index in [2.05, 4.69) is 10.2 Å². The van der Waals surface area contributed by atoms with Crippen LogP contribution in [-0.4, -0.2) is 33.4 Å². The van der Waals surface area contributed by atoms with Crippen LogP contribution < -0.4 is 10.5 Å². The summed E-state index contributed by atoms with van der Waals surface area (Å²) >= 11 is 3.03. The van der Waals surface area contributed by atoms with Crippen LogP contribution in [0, 0.1) is 0 Å². The first-order valence-electron chi connectivity index (χ1n) is 8.23. The maximum absolute atomic E-state index is 11.6. The highest BCUT2D eigenvalue weighted by Gasteiger charge is 2.15. The molecule has 8 heteroatoms. The van der Waals surface area contributed by atoms with Crippen LogP contribution in [0.3, 0.4) is 0 Å². The molecule has 2 aromatic rings. The number of nitrogen functional groups attached to an aromatic ring is 1. The van der Waals surface area contributed by atoms with Crippen molar-refractivity contribution in [2.45, 2.75) is 43.9 Å². The topological polar surface area (TPSA) is 98.3 Å². The van der Waals surface area contributed by atoms with Gasteiger partial charge in [0.25, 0.3) is 0 Å². The van der Waals surface area contributed by atoms with E-state index in [1.165, 1.54) is 18.3 Å². The molecule has 0 radical (unpaired) electrons. The number of aromatic nitrogens is 2. The summed E-state index contributed by atoms with van der Waals surface area (Å²) < 4.78 is 6.72. The monoisotopic (exact) mass is 381 g/mol. The number of hydrogen-bond donors (Lipinski definition) is 2. The molecular weight excluding hydrogens is 358 g/mol. The number of aromatic hydroxyl groups is 1. The number of ketones is 1. The number of benzene rings is 1. The summed E-state index contributed by atoms with van der Waals surface area (Å²) in [6, 6.07) is 3.40. The van der Waals surface area contributed by atoms with Crippen LogP contribution in [0.4, 0.5) is 5.13 Å². The maximum atomic E-state index is 11.6. The molecule has 3 N–H and O–H groups in total. The van der Waals surface area contributed by atoms with Crippen molar-refractivity contribution in [3.63, 3.8) is 0 Å². The van der Waals surface area contributed by atoms with Crippen molar-refractivity contribution in [3.8, 4) is 11.5 Å². The number of Topliss-reactive ketones (excluding diaryl/α,β-unsaturated/α-hetero) is 1. The van der Waals surface area contributed by atoms with E-state index in [0.29, 0.717) is 35.0 Å². The van der Waals surface area contributed by atoms with Crippen molar-refractivity contribution < 1.29 is 14.6 Å². The largest absolute Gasteiger partial charge is 0.507 e. The van der Waals surface area contributed by atoms with E-state index in [0.717, 1.165) is 29.4 Å². The van der Waals surface area contributed by atoms with Crippen LogP contribution in [0.5, 0.6) is 11.5 Å². The van der Waals surface area contributed by atoms with Gasteiger partial charge in [0.1, 0.15) is 11.5 Å². The lowest BCUT2D eigenvalue weighted by Crippen LogP contribution is -2.03. The second-order valence-electron chi connectivity index (χ2n) is 5.55. The van der Waals surface area contributed by atoms with Crippen LogP contribution in [0.25, 0.3) is 0 Å². The molecule has 0 aliphatic heterocycles. The van der Waals surface area contributed by atoms with Gasteiger partial charge in [0.15, 0.2) is 10.1 Å². The molecule has 0 saturated heterocycles. The highest BCUT2D eigenvalue weighted by atomic mass is 32.2. The Labute approximate surface area is 155 Å². The predicted octanol–water partition coefficient (Wildman–Crippen LogP) is 3.93. The molecule has 0 atom stereocenters. The third-order valence-corrected chi connectivity index (χ3v) is 5.53. The average molecular weight is 382 g/mol. The van der Waals surface area contributed by atoms with Gasteiger partial charge >= 0.3 is 0 Å². The van der Waals surface area contributed by atoms with E-state index in [1.54, 1.807) is 23.9 Å². The van der Waals surface area contributed by atoms with Gasteiger partial charge in [-0.3, -0.25) is 4.79 Å². The fraction of sp³-hybridized carbons (Fsp3) is 0.471. The number of ether oxygens (including phenoxy) is 1. The number of phenols is 1. The van der Waals surface area contributed by atoms with Crippen LogP contribution in [-0.2, 0) is 6.42 Å². The summed E-state index contributed by atoms with van der Waals surface area (Å²) in [7, 11) is 0. The minimum Gasteiger partial charge on any atom is -0.507 e. The molecule has 1 aromatic heterocycles. The maximum Gasteiger partial charge on any atom is 0.203 e. The van der Waals surface area contributed by atoms with E-state index >= 15 is 0 Å². The Morgan fingerprint density at radius 3 is 2.80 bits per heavy atom. The predicted molar refractivity (Wildman–Crippen MR) is 102 cm³/mol. The van der Waals surface area contributed by atoms with Gasteiger partial charge in [-0.25, -0.2) is 0 Å². The Morgan fingerprint density at radius 2 is 2.16 bits per heavy atom. The number of phenolic OH excluding ortho intramolecular Hbond substituents is 1. The van der Waals surface area contributed by atoms with Gasteiger partial charge in [-0.05, 0) is 38.3 Å². The molecule has 25 heavy (non-hydrogen) atoms. The Bertz CT molecular complexity index is 719. The second-order valence-corrected chi connectivity index (χ2v) is 7.91. The molecule has 0 saturated carbocycles. The summed E-state index contributed by atoms with van der Waals surface area (Å²) in [5.74, 6) is 1.50. The van der Waals surface area contributed by atoms with Crippen molar-refractivity contribution in [2.75, 3.05) is 18.1 Å². The molecular formula is C17H23N3O3S2. The Morgan fingerprint density at radius 1 is 1.36 bits per heavy atom. The molecule has 0 unspecified atom stereocenters. The molecule has 0 bridgehead atoms. The van der Waals surface area contributed by atoms with Crippen LogP contribution >= 0.6 is 23.1 Å². The van der Waals surface area contributed by atoms with Gasteiger partial charge in [-0.1, -0.05) is 36.4 Å². The van der Waals surface area contributed by atoms with Gasteiger partial charge in [0, 0.05) is 11.3 Å². The van der Waals surface area contributed by atoms with Gasteiger partial charge in [-0.2, -0.15) is 0 Å². The number of carbonyl (C=O) groups is 1. The summed E-state index contributed by atoms with van der Waals surface area (Å²) in [6.07, 6.45) is 3.41. The third kappa shape index (κ3) is 5.61. The zero-order valence-electron chi connectivity index (χ0n) is 14.4. The van der Waals surface area contributed by atoms with Gasteiger partial charge in [0.05, 0.1) is 12.2 Å². The van der Waals surface area contributed by atoms with Crippen molar-refractivity contribution in [1.29, 1.82) is 0 Å². The van der Waals surface area contributed by atoms with E-state index < -0.39 is 0 Å². The lowest BCUT2D eigenvalue weighted by molar-refractivity contribution is 0.101. The number of hydrogen-bond acceptors (Lipinski definition) is 8. The van der Waals surface area contributed by atoms with Crippen molar-refractivity contribution in [3.05, 3.63) is 23.3 Å². The fourth-order valence-corrected chi connectivity index (χ4v) is 4.06. The quantitative estimate of drug-likeness (QED) is 0.365. The molecule has 1 aromatic carbocycles. The summed E-state index contributed by atoms with van der Waals surface area (Å²) in [5, 5.41) is 18.5. The van der Waals surface area contributed by atoms with E-state index in [1.807, 2.05) is 6.92 Å². The van der Waals surface area contributed by atoms with E-state index in [9.17, 15) is 9.90 Å². The molecule has 136 valence electrons. The molecule has 1 heterocycles. The highest BCUT2D eigenvalue weighted by Crippen LogP contribution is 2.33. The zero-order chi connectivity index (χ0) is 18.2. The lowest BCUT2D eigenvalue weighted by atomic mass is 10.0. The molecule has 0 fully saturated rings. The number of carbonyl (C=O) groups excluding carboxylic acids is 1. The van der Waals surface area contributed by atoms with Gasteiger partial charge in [-0.15, -0.1) is 10.2 Å². The van der Waals surface area contributed by atoms with E-state index in [-0.39, 0.29) is 11.5 Å². The van der Waals surface area contributed by atoms with Crippen LogP contribution in [0.15, 0.2) is 16.5 Å². The molecule has 2 rings (SSSR count). The Hall–Kier alpha value is -1.80. The third-order valence-electron chi connectivity index (χ3n) is 3.56.